The van der Waals surface area contributed by atoms with E-state index in [1.54, 1.807) is 30.9 Å². The van der Waals surface area contributed by atoms with Crippen molar-refractivity contribution in [1.82, 2.24) is 19.7 Å². The Bertz CT molecular complexity index is 1000. The van der Waals surface area contributed by atoms with Gasteiger partial charge in [-0.15, -0.1) is 0 Å². The van der Waals surface area contributed by atoms with Gasteiger partial charge in [0.25, 0.3) is 5.56 Å². The van der Waals surface area contributed by atoms with Crippen molar-refractivity contribution in [1.29, 1.82) is 0 Å². The fourth-order valence-corrected chi connectivity index (χ4v) is 2.87. The zero-order valence-electron chi connectivity index (χ0n) is 14.4. The topological polar surface area (TPSA) is 63.6 Å². The highest BCUT2D eigenvalue weighted by molar-refractivity contribution is 5.56. The average Bonchev–Trinajstić information content (AvgIpc) is 3.02. The zero-order chi connectivity index (χ0) is 19.1. The van der Waals surface area contributed by atoms with Crippen LogP contribution in [-0.2, 0) is 6.18 Å². The minimum atomic E-state index is -4.37. The lowest BCUT2D eigenvalue weighted by atomic mass is 10.00. The van der Waals surface area contributed by atoms with Crippen molar-refractivity contribution in [2.45, 2.75) is 33.0 Å². The molecule has 0 aliphatic carbocycles. The molecular weight excluding hydrogens is 345 g/mol. The molecule has 26 heavy (non-hydrogen) atoms. The fraction of sp³-hybridized carbons (Fsp3) is 0.278. The van der Waals surface area contributed by atoms with E-state index in [2.05, 4.69) is 15.1 Å². The van der Waals surface area contributed by atoms with Gasteiger partial charge in [-0.25, -0.2) is 4.98 Å². The SMILES string of the molecule is Cc1nc(-c2cnn([C@@H](C)c3ccc(C(F)(F)F)cc3C)c2)cc(=O)[nH]1. The molecule has 3 rings (SSSR count). The van der Waals surface area contributed by atoms with E-state index in [4.69, 9.17) is 0 Å². The lowest BCUT2D eigenvalue weighted by molar-refractivity contribution is -0.137. The van der Waals surface area contributed by atoms with E-state index < -0.39 is 11.7 Å². The van der Waals surface area contributed by atoms with Crippen LogP contribution in [0.2, 0.25) is 0 Å². The fourth-order valence-electron chi connectivity index (χ4n) is 2.87. The highest BCUT2D eigenvalue weighted by Crippen LogP contribution is 2.32. The summed E-state index contributed by atoms with van der Waals surface area (Å²) in [5.74, 6) is 0.492. The van der Waals surface area contributed by atoms with Gasteiger partial charge in [0.1, 0.15) is 5.82 Å². The smallest absolute Gasteiger partial charge is 0.311 e. The number of aromatic amines is 1. The molecule has 8 heteroatoms. The molecule has 1 aromatic carbocycles. The second kappa shape index (κ2) is 6.44. The summed E-state index contributed by atoms with van der Waals surface area (Å²) in [7, 11) is 0. The highest BCUT2D eigenvalue weighted by atomic mass is 19.4. The molecule has 0 saturated carbocycles. The number of benzene rings is 1. The molecule has 1 atom stereocenters. The number of aromatic nitrogens is 4. The second-order valence-corrected chi connectivity index (χ2v) is 6.17. The quantitative estimate of drug-likeness (QED) is 0.769. The van der Waals surface area contributed by atoms with Gasteiger partial charge in [0, 0.05) is 17.8 Å². The van der Waals surface area contributed by atoms with Crippen LogP contribution < -0.4 is 5.56 Å². The van der Waals surface area contributed by atoms with Gasteiger partial charge in [-0.05, 0) is 44.0 Å². The van der Waals surface area contributed by atoms with Gasteiger partial charge in [-0.2, -0.15) is 18.3 Å². The molecule has 2 heterocycles. The number of rotatable bonds is 3. The largest absolute Gasteiger partial charge is 0.416 e. The van der Waals surface area contributed by atoms with Gasteiger partial charge in [-0.3, -0.25) is 9.48 Å². The number of halogens is 3. The van der Waals surface area contributed by atoms with Crippen molar-refractivity contribution in [2.75, 3.05) is 0 Å². The van der Waals surface area contributed by atoms with Crippen LogP contribution in [0.1, 0.15) is 35.5 Å². The van der Waals surface area contributed by atoms with Crippen LogP contribution in [0.15, 0.2) is 41.5 Å². The van der Waals surface area contributed by atoms with Gasteiger partial charge in [-0.1, -0.05) is 6.07 Å². The Kier molecular flexibility index (Phi) is 4.43. The molecule has 136 valence electrons. The standard InChI is InChI=1S/C18H17F3N4O/c1-10-6-14(18(19,20)21)4-5-15(10)11(2)25-9-13(8-22-25)16-7-17(26)24-12(3)23-16/h4-9,11H,1-3H3,(H,23,24,26)/t11-/m0/s1. The van der Waals surface area contributed by atoms with Crippen molar-refractivity contribution in [3.63, 3.8) is 0 Å². The Morgan fingerprint density at radius 1 is 1.19 bits per heavy atom. The van der Waals surface area contributed by atoms with Crippen LogP contribution in [0.4, 0.5) is 13.2 Å². The highest BCUT2D eigenvalue weighted by Gasteiger charge is 2.31. The van der Waals surface area contributed by atoms with Crippen LogP contribution in [0, 0.1) is 13.8 Å². The zero-order valence-corrected chi connectivity index (χ0v) is 14.4. The molecule has 3 aromatic rings. The normalized spacial score (nSPS) is 13.0. The van der Waals surface area contributed by atoms with E-state index in [9.17, 15) is 18.0 Å². The Labute approximate surface area is 147 Å². The van der Waals surface area contributed by atoms with Gasteiger partial charge in [0.2, 0.25) is 0 Å². The maximum atomic E-state index is 12.8. The molecular formula is C18H17F3N4O. The van der Waals surface area contributed by atoms with Crippen molar-refractivity contribution in [3.05, 3.63) is 69.5 Å². The molecule has 0 bridgehead atoms. The van der Waals surface area contributed by atoms with Gasteiger partial charge >= 0.3 is 6.18 Å². The third-order valence-corrected chi connectivity index (χ3v) is 4.20. The molecule has 0 unspecified atom stereocenters. The molecule has 0 spiro atoms. The summed E-state index contributed by atoms with van der Waals surface area (Å²) in [6, 6.07) is 4.79. The first-order valence-corrected chi connectivity index (χ1v) is 7.95. The number of alkyl halides is 3. The van der Waals surface area contributed by atoms with Gasteiger partial charge < -0.3 is 4.98 Å². The Hall–Kier alpha value is -2.90. The number of nitrogens with zero attached hydrogens (tertiary/aromatic N) is 3. The summed E-state index contributed by atoms with van der Waals surface area (Å²) in [5.41, 5.74) is 1.50. The summed E-state index contributed by atoms with van der Waals surface area (Å²) < 4.78 is 40.1. The number of nitrogens with one attached hydrogen (secondary N) is 1. The molecule has 0 radical (unpaired) electrons. The first kappa shape index (κ1) is 17.9. The Morgan fingerprint density at radius 2 is 1.92 bits per heavy atom. The first-order valence-electron chi connectivity index (χ1n) is 7.95. The number of hydrogen-bond donors (Lipinski definition) is 1. The van der Waals surface area contributed by atoms with Crippen LogP contribution in [-0.4, -0.2) is 19.7 Å². The molecule has 0 fully saturated rings. The number of hydrogen-bond acceptors (Lipinski definition) is 3. The predicted molar refractivity (Wildman–Crippen MR) is 90.8 cm³/mol. The van der Waals surface area contributed by atoms with Crippen molar-refractivity contribution < 1.29 is 13.2 Å². The van der Waals surface area contributed by atoms with Crippen molar-refractivity contribution in [3.8, 4) is 11.3 Å². The average molecular weight is 362 g/mol. The third-order valence-electron chi connectivity index (χ3n) is 4.20. The van der Waals surface area contributed by atoms with Crippen LogP contribution in [0.5, 0.6) is 0 Å². The summed E-state index contributed by atoms with van der Waals surface area (Å²) >= 11 is 0. The molecule has 0 aliphatic heterocycles. The van der Waals surface area contributed by atoms with E-state index >= 15 is 0 Å². The Morgan fingerprint density at radius 3 is 2.54 bits per heavy atom. The van der Waals surface area contributed by atoms with Gasteiger partial charge in [0.15, 0.2) is 0 Å². The van der Waals surface area contributed by atoms with Crippen LogP contribution >= 0.6 is 0 Å². The minimum Gasteiger partial charge on any atom is -0.311 e. The Balaban J connectivity index is 1.93. The lowest BCUT2D eigenvalue weighted by Gasteiger charge is -2.17. The molecule has 0 amide bonds. The molecule has 2 aromatic heterocycles. The molecule has 1 N–H and O–H groups in total. The summed E-state index contributed by atoms with van der Waals surface area (Å²) in [5, 5.41) is 4.28. The maximum absolute atomic E-state index is 12.8. The molecule has 0 saturated heterocycles. The lowest BCUT2D eigenvalue weighted by Crippen LogP contribution is -2.11. The third kappa shape index (κ3) is 3.54. The summed E-state index contributed by atoms with van der Waals surface area (Å²) in [6.07, 6.45) is -1.06. The summed E-state index contributed by atoms with van der Waals surface area (Å²) in [6.45, 7) is 5.18. The minimum absolute atomic E-state index is 0.258. The van der Waals surface area contributed by atoms with E-state index in [-0.39, 0.29) is 11.6 Å². The van der Waals surface area contributed by atoms with Crippen LogP contribution in [0.3, 0.4) is 0 Å². The van der Waals surface area contributed by atoms with Gasteiger partial charge in [0.05, 0.1) is 23.5 Å². The van der Waals surface area contributed by atoms with Crippen molar-refractivity contribution >= 4 is 0 Å². The van der Waals surface area contributed by atoms with Crippen LogP contribution in [0.25, 0.3) is 11.3 Å². The maximum Gasteiger partial charge on any atom is 0.416 e. The molecule has 0 aliphatic rings. The van der Waals surface area contributed by atoms with Crippen molar-refractivity contribution in [2.24, 2.45) is 0 Å². The monoisotopic (exact) mass is 362 g/mol. The molecule has 5 nitrogen and oxygen atoms in total. The summed E-state index contributed by atoms with van der Waals surface area (Å²) in [4.78, 5) is 18.4. The van der Waals surface area contributed by atoms with E-state index in [0.29, 0.717) is 22.6 Å². The van der Waals surface area contributed by atoms with E-state index in [1.807, 2.05) is 6.92 Å². The second-order valence-electron chi connectivity index (χ2n) is 6.17. The van der Waals surface area contributed by atoms with E-state index in [1.165, 1.54) is 12.1 Å². The predicted octanol–water partition coefficient (Wildman–Crippen LogP) is 3.88. The number of H-pyrrole nitrogens is 1. The number of aryl methyl sites for hydroxylation is 2. The first-order chi connectivity index (χ1) is 12.1. The van der Waals surface area contributed by atoms with E-state index in [0.717, 1.165) is 17.7 Å².